The van der Waals surface area contributed by atoms with E-state index >= 15 is 0 Å². The van der Waals surface area contributed by atoms with Gasteiger partial charge in [-0.1, -0.05) is 439 Å². The quantitative estimate of drug-likeness (QED) is 0.0360. The van der Waals surface area contributed by atoms with Crippen LogP contribution in [0.1, 0.15) is 370 Å². The van der Waals surface area contributed by atoms with Crippen molar-refractivity contribution in [2.24, 2.45) is 0 Å². The number of unbranched alkanes of at least 4 members (excludes halogenated alkanes) is 19. The molecule has 0 radical (unpaired) electrons. The van der Waals surface area contributed by atoms with Crippen LogP contribution in [0.2, 0.25) is 0 Å². The third kappa shape index (κ3) is 15.2. The molecule has 0 saturated heterocycles. The number of rotatable bonds is 33. The van der Waals surface area contributed by atoms with Gasteiger partial charge in [-0.15, -0.1) is 0 Å². The molecule has 728 valence electrons. The first kappa shape index (κ1) is 95.6. The number of hydrogen-bond donors (Lipinski definition) is 0. The van der Waals surface area contributed by atoms with Crippen LogP contribution in [-0.2, 0) is 37.9 Å². The molecule has 0 saturated carbocycles. The van der Waals surface area contributed by atoms with Crippen LogP contribution in [0.3, 0.4) is 0 Å². The van der Waals surface area contributed by atoms with Gasteiger partial charge in [0, 0.05) is 37.9 Å². The van der Waals surface area contributed by atoms with Crippen molar-refractivity contribution >= 4 is 21.5 Å². The Morgan fingerprint density at radius 2 is 0.368 bits per heavy atom. The molecule has 144 heavy (non-hydrogen) atoms. The van der Waals surface area contributed by atoms with E-state index in [1.165, 1.54) is 392 Å². The Balaban J connectivity index is 0.627. The zero-order valence-electron chi connectivity index (χ0n) is 90.0. The van der Waals surface area contributed by atoms with Crippen molar-refractivity contribution in [2.75, 3.05) is 0 Å². The smallest absolute Gasteiger partial charge is 0.0215 e. The van der Waals surface area contributed by atoms with E-state index in [0.29, 0.717) is 0 Å². The normalized spacial score (nSPS) is 16.4. The van der Waals surface area contributed by atoms with E-state index in [1.54, 1.807) is 22.3 Å². The zero-order chi connectivity index (χ0) is 99.4. The molecule has 0 heteroatoms. The lowest BCUT2D eigenvalue weighted by molar-refractivity contribution is 0.398. The van der Waals surface area contributed by atoms with E-state index in [0.717, 1.165) is 25.7 Å². The summed E-state index contributed by atoms with van der Waals surface area (Å²) in [7, 11) is 0. The highest BCUT2D eigenvalue weighted by atomic mass is 14.5. The summed E-state index contributed by atoms with van der Waals surface area (Å²) in [6, 6.07) is 109. The van der Waals surface area contributed by atoms with Crippen LogP contribution in [0.25, 0.3) is 166 Å². The lowest BCUT2D eigenvalue weighted by atomic mass is 9.69. The third-order valence-electron chi connectivity index (χ3n) is 37.7. The number of benzene rings is 16. The van der Waals surface area contributed by atoms with Gasteiger partial charge in [0.2, 0.25) is 0 Å². The van der Waals surface area contributed by atoms with E-state index < -0.39 is 0 Å². The molecule has 0 spiro atoms. The Morgan fingerprint density at radius 1 is 0.153 bits per heavy atom. The van der Waals surface area contributed by atoms with Gasteiger partial charge in [-0.25, -0.2) is 0 Å². The highest BCUT2D eigenvalue weighted by Crippen LogP contribution is 2.67. The summed E-state index contributed by atoms with van der Waals surface area (Å²) in [5, 5.41) is 5.57. The predicted molar refractivity (Wildman–Crippen MR) is 621 cm³/mol. The van der Waals surface area contributed by atoms with Crippen LogP contribution in [-0.4, -0.2) is 0 Å². The van der Waals surface area contributed by atoms with Gasteiger partial charge in [0.05, 0.1) is 0 Å². The molecule has 7 aliphatic rings. The highest BCUT2D eigenvalue weighted by molar-refractivity contribution is 6.13. The average molecular weight is 1880 g/mol. The Kier molecular flexibility index (Phi) is 24.5. The van der Waals surface area contributed by atoms with Crippen molar-refractivity contribution in [3.8, 4) is 145 Å². The molecule has 7 aliphatic carbocycles. The molecule has 1 atom stereocenters. The molecular formula is C144H152. The van der Waals surface area contributed by atoms with E-state index in [2.05, 4.69) is 392 Å². The summed E-state index contributed by atoms with van der Waals surface area (Å²) >= 11 is 0. The lowest BCUT2D eigenvalue weighted by Crippen LogP contribution is -2.26. The fourth-order valence-corrected chi connectivity index (χ4v) is 29.9. The summed E-state index contributed by atoms with van der Waals surface area (Å²) in [4.78, 5) is 0. The zero-order valence-corrected chi connectivity index (χ0v) is 90.0. The molecule has 0 heterocycles. The van der Waals surface area contributed by atoms with Crippen molar-refractivity contribution in [1.82, 2.24) is 0 Å². The minimum absolute atomic E-state index is 0.0547. The molecule has 23 rings (SSSR count). The molecular weight excluding hydrogens is 1730 g/mol. The SMILES string of the molecule is CCCCCCCCC1(CCCCCCC)c2cc3c(cc2-c2c1cc(-c1c(C)cc(-c4ccc5c(c4)C(C)(C)c4cc(-c6ccc7c(c6)C(C)(C)c6ccccc6-7)ccc4-5)cc1C)c1ccccc21)C(C)(C)c1cc2c(cc1-3)C(CCCCCCCC)(CCCCCCCC)c1cc(-c3c(C)cc(-c4ccc5c(c4)C(C)(C)c4cc(-c6ccc7c(c6)C(C)(C)c6ccccc6-7)ccc4-5)cc3C)c3ccccc3c1-2. The largest absolute Gasteiger partial charge is 0.0654 e. The maximum atomic E-state index is 2.90. The fourth-order valence-electron chi connectivity index (χ4n) is 29.9. The molecule has 0 aliphatic heterocycles. The van der Waals surface area contributed by atoms with Gasteiger partial charge in [0.15, 0.2) is 0 Å². The van der Waals surface area contributed by atoms with Crippen LogP contribution < -0.4 is 0 Å². The van der Waals surface area contributed by atoms with Crippen LogP contribution in [0, 0.1) is 27.7 Å². The first-order valence-electron chi connectivity index (χ1n) is 56.5. The third-order valence-corrected chi connectivity index (χ3v) is 37.7. The Hall–Kier alpha value is -12.0. The molecule has 16 aromatic rings. The highest BCUT2D eigenvalue weighted by Gasteiger charge is 2.52. The van der Waals surface area contributed by atoms with Gasteiger partial charge in [0.25, 0.3) is 0 Å². The van der Waals surface area contributed by atoms with Gasteiger partial charge in [0.1, 0.15) is 0 Å². The van der Waals surface area contributed by atoms with E-state index in [9.17, 15) is 0 Å². The predicted octanol–water partition coefficient (Wildman–Crippen LogP) is 41.9. The van der Waals surface area contributed by atoms with Crippen LogP contribution >= 0.6 is 0 Å². The Morgan fingerprint density at radius 3 is 0.653 bits per heavy atom. The summed E-state index contributed by atoms with van der Waals surface area (Å²) in [6.45, 7) is 44.0. The number of hydrogen-bond acceptors (Lipinski definition) is 0. The van der Waals surface area contributed by atoms with Crippen molar-refractivity contribution in [3.63, 3.8) is 0 Å². The summed E-state index contributed by atoms with van der Waals surface area (Å²) < 4.78 is 0. The monoisotopic (exact) mass is 1880 g/mol. The summed E-state index contributed by atoms with van der Waals surface area (Å²) in [5.74, 6) is 0. The topological polar surface area (TPSA) is 0 Å². The second-order valence-electron chi connectivity index (χ2n) is 48.3. The minimum Gasteiger partial charge on any atom is -0.0654 e. The molecule has 0 aromatic heterocycles. The van der Waals surface area contributed by atoms with Crippen molar-refractivity contribution in [1.29, 1.82) is 0 Å². The molecule has 0 bridgehead atoms. The van der Waals surface area contributed by atoms with Gasteiger partial charge >= 0.3 is 0 Å². The van der Waals surface area contributed by atoms with Crippen molar-refractivity contribution < 1.29 is 0 Å². The Bertz CT molecular complexity index is 7790. The van der Waals surface area contributed by atoms with Crippen molar-refractivity contribution in [3.05, 3.63) is 367 Å². The summed E-state index contributed by atoms with van der Waals surface area (Å²) in [6.07, 6.45) is 34.0. The number of aryl methyl sites for hydroxylation is 4. The maximum absolute atomic E-state index is 2.90. The summed E-state index contributed by atoms with van der Waals surface area (Å²) in [5.41, 5.74) is 60.9. The number of fused-ring (bicyclic) bond motifs is 25. The molecule has 0 amide bonds. The molecule has 0 nitrogen and oxygen atoms in total. The molecule has 0 fully saturated rings. The van der Waals surface area contributed by atoms with Gasteiger partial charge in [-0.3, -0.25) is 0 Å². The minimum atomic E-state index is -0.283. The first-order valence-corrected chi connectivity index (χ1v) is 56.5. The van der Waals surface area contributed by atoms with E-state index in [-0.39, 0.29) is 37.9 Å². The molecule has 0 N–H and O–H groups in total. The second-order valence-corrected chi connectivity index (χ2v) is 48.3. The van der Waals surface area contributed by atoms with Crippen LogP contribution in [0.4, 0.5) is 0 Å². The Labute approximate surface area is 862 Å². The van der Waals surface area contributed by atoms with Crippen molar-refractivity contribution in [2.45, 2.75) is 336 Å². The lowest BCUT2D eigenvalue weighted by Gasteiger charge is -2.34. The van der Waals surface area contributed by atoms with E-state index in [4.69, 9.17) is 0 Å². The second kappa shape index (κ2) is 36.9. The maximum Gasteiger partial charge on any atom is 0.0215 e. The standard InChI is InChI=1S/C144H152/c1-19-23-27-31-35-47-71-143(70-46-34-30-26-22-4)130-84-114-115-85-131-119(89-129(115)142(17,18)128(114)88-118(130)136-112-54-40-38-50-102(112)116(86-132(136)143)134-90(5)74-100(75-91(134)6)98-62-68-110-108-66-60-96(80-124(108)140(13,14)126(110)82-98)94-58-64-106-104-52-42-44-56-120(104)138(9,10)122(106)78-94)137-113-55-41-39-51-103(113)117(87-133(137)144(131,72-48-36-32-28-24-20-2)73-49-37-33-29-25-21-3)135-92(7)76-101(77-93(135)8)99-63-69-111-109-67-61-97(81-125(109)141(15,16)127(111)83-99)95-59-65-107-105-53-43-45-57-121(105)139(11,12)123(107)79-95/h38-45,50-69,74-89H,19-37,46-49,70-73H2,1-18H3. The van der Waals surface area contributed by atoms with Crippen LogP contribution in [0.15, 0.2) is 267 Å². The van der Waals surface area contributed by atoms with Crippen LogP contribution in [0.5, 0.6) is 0 Å². The van der Waals surface area contributed by atoms with Gasteiger partial charge < -0.3 is 0 Å². The fraction of sp³-hybridized carbons (Fsp3) is 0.361. The molecule has 1 unspecified atom stereocenters. The van der Waals surface area contributed by atoms with Gasteiger partial charge in [-0.2, -0.15) is 0 Å². The van der Waals surface area contributed by atoms with Gasteiger partial charge in [-0.05, 0) is 393 Å². The van der Waals surface area contributed by atoms with E-state index in [1.807, 2.05) is 0 Å². The average Bonchev–Trinajstić information content (AvgIpc) is 1.51. The molecule has 16 aromatic carbocycles. The first-order chi connectivity index (χ1) is 69.7.